The molecule has 0 bridgehead atoms. The number of carbonyl (C=O) groups excluding carboxylic acids is 1. The molecule has 1 saturated carbocycles. The highest BCUT2D eigenvalue weighted by Crippen LogP contribution is 2.23. The van der Waals surface area contributed by atoms with Gasteiger partial charge in [-0.25, -0.2) is 13.1 Å². The third-order valence-corrected chi connectivity index (χ3v) is 5.13. The van der Waals surface area contributed by atoms with Crippen LogP contribution in [0.3, 0.4) is 0 Å². The van der Waals surface area contributed by atoms with Crippen molar-refractivity contribution in [1.82, 2.24) is 4.72 Å². The Bertz CT molecular complexity index is 522. The van der Waals surface area contributed by atoms with E-state index in [1.54, 1.807) is 24.3 Å². The number of hydrogen-bond acceptors (Lipinski definition) is 3. The molecule has 1 aliphatic carbocycles. The van der Waals surface area contributed by atoms with Crippen LogP contribution in [0, 0.1) is 0 Å². The Kier molecular flexibility index (Phi) is 4.55. The second kappa shape index (κ2) is 6.16. The van der Waals surface area contributed by atoms with Gasteiger partial charge in [0.25, 0.3) is 0 Å². The standard InChI is InChI=1S/C13H18N2O3S/c16-13(15-11-6-2-1-3-7-11)10-14-19(17,18)12-8-4-5-9-12/h1-3,6-7,12,14H,4-5,8-10H2,(H,15,16). The molecule has 0 unspecified atom stereocenters. The van der Waals surface area contributed by atoms with E-state index in [4.69, 9.17) is 0 Å². The van der Waals surface area contributed by atoms with E-state index in [-0.39, 0.29) is 17.7 Å². The summed E-state index contributed by atoms with van der Waals surface area (Å²) in [6.45, 7) is -0.215. The van der Waals surface area contributed by atoms with Crippen LogP contribution in [-0.2, 0) is 14.8 Å². The van der Waals surface area contributed by atoms with Crippen LogP contribution < -0.4 is 10.0 Å². The number of para-hydroxylation sites is 1. The molecule has 0 aromatic heterocycles. The van der Waals surface area contributed by atoms with E-state index < -0.39 is 10.0 Å². The third-order valence-electron chi connectivity index (χ3n) is 3.23. The van der Waals surface area contributed by atoms with Crippen molar-refractivity contribution in [3.63, 3.8) is 0 Å². The molecule has 0 aliphatic heterocycles. The lowest BCUT2D eigenvalue weighted by atomic mass is 10.3. The number of sulfonamides is 1. The van der Waals surface area contributed by atoms with Gasteiger partial charge in [0.15, 0.2) is 0 Å². The zero-order chi connectivity index (χ0) is 13.7. The predicted molar refractivity (Wildman–Crippen MR) is 74.3 cm³/mol. The minimum atomic E-state index is -3.36. The molecule has 2 N–H and O–H groups in total. The van der Waals surface area contributed by atoms with Gasteiger partial charge >= 0.3 is 0 Å². The van der Waals surface area contributed by atoms with Crippen molar-refractivity contribution in [3.05, 3.63) is 30.3 Å². The molecule has 0 radical (unpaired) electrons. The van der Waals surface area contributed by atoms with Gasteiger partial charge in [-0.05, 0) is 25.0 Å². The summed E-state index contributed by atoms with van der Waals surface area (Å²) >= 11 is 0. The fourth-order valence-corrected chi connectivity index (χ4v) is 3.73. The van der Waals surface area contributed by atoms with Crippen LogP contribution in [0.2, 0.25) is 0 Å². The smallest absolute Gasteiger partial charge is 0.239 e. The highest BCUT2D eigenvalue weighted by Gasteiger charge is 2.28. The van der Waals surface area contributed by atoms with Gasteiger partial charge in [0.1, 0.15) is 0 Å². The van der Waals surface area contributed by atoms with Crippen LogP contribution in [0.1, 0.15) is 25.7 Å². The predicted octanol–water partition coefficient (Wildman–Crippen LogP) is 1.49. The molecule has 1 aliphatic rings. The Morgan fingerprint density at radius 2 is 1.79 bits per heavy atom. The van der Waals surface area contributed by atoms with Gasteiger partial charge in [0.2, 0.25) is 15.9 Å². The average molecular weight is 282 g/mol. The van der Waals surface area contributed by atoms with Crippen molar-refractivity contribution >= 4 is 21.6 Å². The van der Waals surface area contributed by atoms with Gasteiger partial charge in [-0.1, -0.05) is 31.0 Å². The van der Waals surface area contributed by atoms with Gasteiger partial charge in [-0.3, -0.25) is 4.79 Å². The summed E-state index contributed by atoms with van der Waals surface area (Å²) in [4.78, 5) is 11.6. The molecule has 1 aromatic rings. The molecule has 0 saturated heterocycles. The molecule has 0 heterocycles. The number of nitrogens with one attached hydrogen (secondary N) is 2. The summed E-state index contributed by atoms with van der Waals surface area (Å²) < 4.78 is 26.2. The van der Waals surface area contributed by atoms with E-state index in [2.05, 4.69) is 10.0 Å². The highest BCUT2D eigenvalue weighted by molar-refractivity contribution is 7.90. The largest absolute Gasteiger partial charge is 0.325 e. The van der Waals surface area contributed by atoms with Crippen LogP contribution in [0.15, 0.2) is 30.3 Å². The lowest BCUT2D eigenvalue weighted by molar-refractivity contribution is -0.115. The number of amides is 1. The van der Waals surface area contributed by atoms with Gasteiger partial charge in [0.05, 0.1) is 11.8 Å². The lowest BCUT2D eigenvalue weighted by Gasteiger charge is -2.12. The summed E-state index contributed by atoms with van der Waals surface area (Å²) in [5.41, 5.74) is 0.660. The molecule has 5 nitrogen and oxygen atoms in total. The zero-order valence-corrected chi connectivity index (χ0v) is 11.4. The average Bonchev–Trinajstić information content (AvgIpc) is 2.92. The third kappa shape index (κ3) is 4.04. The van der Waals surface area contributed by atoms with Crippen molar-refractivity contribution < 1.29 is 13.2 Å². The van der Waals surface area contributed by atoms with E-state index in [1.807, 2.05) is 6.07 Å². The molecule has 1 fully saturated rings. The Labute approximate surface area is 113 Å². The molecule has 1 aromatic carbocycles. The van der Waals surface area contributed by atoms with Gasteiger partial charge in [0, 0.05) is 5.69 Å². The maximum absolute atomic E-state index is 11.9. The maximum atomic E-state index is 11.9. The summed E-state index contributed by atoms with van der Waals surface area (Å²) in [5.74, 6) is -0.354. The van der Waals surface area contributed by atoms with Gasteiger partial charge in [-0.2, -0.15) is 0 Å². The first-order valence-corrected chi connectivity index (χ1v) is 7.96. The van der Waals surface area contributed by atoms with Crippen molar-refractivity contribution in [2.75, 3.05) is 11.9 Å². The number of anilines is 1. The molecule has 1 amide bonds. The van der Waals surface area contributed by atoms with E-state index in [9.17, 15) is 13.2 Å². The van der Waals surface area contributed by atoms with Gasteiger partial charge in [-0.15, -0.1) is 0 Å². The van der Waals surface area contributed by atoms with Crippen LogP contribution in [0.25, 0.3) is 0 Å². The zero-order valence-electron chi connectivity index (χ0n) is 10.6. The highest BCUT2D eigenvalue weighted by atomic mass is 32.2. The fraction of sp³-hybridized carbons (Fsp3) is 0.462. The SMILES string of the molecule is O=C(CNS(=O)(=O)C1CCCC1)Nc1ccccc1. The number of carbonyl (C=O) groups is 1. The molecule has 19 heavy (non-hydrogen) atoms. The van der Waals surface area contributed by atoms with Crippen molar-refractivity contribution in [2.45, 2.75) is 30.9 Å². The van der Waals surface area contributed by atoms with E-state index in [0.29, 0.717) is 18.5 Å². The summed E-state index contributed by atoms with van der Waals surface area (Å²) in [7, 11) is -3.36. The minimum absolute atomic E-state index is 0.215. The van der Waals surface area contributed by atoms with Crippen LogP contribution in [0.4, 0.5) is 5.69 Å². The second-order valence-corrected chi connectivity index (χ2v) is 6.73. The first kappa shape index (κ1) is 14.0. The normalized spacial score (nSPS) is 16.4. The Balaban J connectivity index is 1.83. The van der Waals surface area contributed by atoms with Crippen molar-refractivity contribution in [1.29, 1.82) is 0 Å². The molecular formula is C13H18N2O3S. The number of rotatable bonds is 5. The Morgan fingerprint density at radius 3 is 2.42 bits per heavy atom. The fourth-order valence-electron chi connectivity index (χ4n) is 2.21. The Hall–Kier alpha value is -1.40. The maximum Gasteiger partial charge on any atom is 0.239 e. The number of hydrogen-bond donors (Lipinski definition) is 2. The lowest BCUT2D eigenvalue weighted by Crippen LogP contribution is -2.38. The Morgan fingerprint density at radius 1 is 1.16 bits per heavy atom. The molecular weight excluding hydrogens is 264 g/mol. The van der Waals surface area contributed by atoms with Crippen LogP contribution >= 0.6 is 0 Å². The van der Waals surface area contributed by atoms with Gasteiger partial charge < -0.3 is 5.32 Å². The van der Waals surface area contributed by atoms with E-state index >= 15 is 0 Å². The van der Waals surface area contributed by atoms with E-state index in [1.165, 1.54) is 0 Å². The molecule has 0 atom stereocenters. The van der Waals surface area contributed by atoms with Crippen molar-refractivity contribution in [2.24, 2.45) is 0 Å². The molecule has 2 rings (SSSR count). The summed E-state index contributed by atoms with van der Waals surface area (Å²) in [6, 6.07) is 8.96. The van der Waals surface area contributed by atoms with Crippen molar-refractivity contribution in [3.8, 4) is 0 Å². The summed E-state index contributed by atoms with van der Waals surface area (Å²) in [6.07, 6.45) is 3.27. The topological polar surface area (TPSA) is 75.3 Å². The number of benzene rings is 1. The molecule has 6 heteroatoms. The first-order valence-electron chi connectivity index (χ1n) is 6.41. The quantitative estimate of drug-likeness (QED) is 0.859. The molecule has 0 spiro atoms. The van der Waals surface area contributed by atoms with E-state index in [0.717, 1.165) is 12.8 Å². The first-order chi connectivity index (χ1) is 9.08. The van der Waals surface area contributed by atoms with Crippen LogP contribution in [0.5, 0.6) is 0 Å². The minimum Gasteiger partial charge on any atom is -0.325 e. The monoisotopic (exact) mass is 282 g/mol. The second-order valence-electron chi connectivity index (χ2n) is 4.69. The van der Waals surface area contributed by atoms with Crippen LogP contribution in [-0.4, -0.2) is 26.1 Å². The summed E-state index contributed by atoms with van der Waals surface area (Å²) in [5, 5.41) is 2.30. The molecule has 104 valence electrons.